The third kappa shape index (κ3) is 9.01. The van der Waals surface area contributed by atoms with Gasteiger partial charge in [-0.25, -0.2) is 0 Å². The van der Waals surface area contributed by atoms with Crippen molar-refractivity contribution in [2.75, 3.05) is 26.2 Å². The maximum atomic E-state index is 6.16. The summed E-state index contributed by atoms with van der Waals surface area (Å²) in [6.45, 7) is 3.75. The van der Waals surface area contributed by atoms with Gasteiger partial charge in [-0.15, -0.1) is 0 Å². The summed E-state index contributed by atoms with van der Waals surface area (Å²) in [5.74, 6) is 0. The molecule has 2 atom stereocenters. The molecule has 6 N–H and O–H groups in total. The molecule has 0 radical (unpaired) electrons. The Morgan fingerprint density at radius 3 is 1.58 bits per heavy atom. The minimum atomic E-state index is 0.171. The lowest BCUT2D eigenvalue weighted by atomic mass is 10.1. The second-order valence-corrected chi connectivity index (χ2v) is 6.73. The maximum Gasteiger partial charge on any atom is 0.0300 e. The Labute approximate surface area is 156 Å². The molecule has 0 amide bonds. The van der Waals surface area contributed by atoms with E-state index >= 15 is 0 Å². The Hall–Kier alpha value is -1.86. The molecule has 2 rings (SSSR count). The van der Waals surface area contributed by atoms with Crippen molar-refractivity contribution in [2.24, 2.45) is 11.5 Å². The summed E-state index contributed by atoms with van der Waals surface area (Å²) in [4.78, 5) is 8.24. The molecular formula is C20H32N6. The van der Waals surface area contributed by atoms with Gasteiger partial charge in [0.15, 0.2) is 0 Å². The summed E-state index contributed by atoms with van der Waals surface area (Å²) >= 11 is 0. The van der Waals surface area contributed by atoms with Crippen LogP contribution in [0.5, 0.6) is 0 Å². The number of rotatable bonds is 13. The minimum Gasteiger partial charge on any atom is -0.327 e. The van der Waals surface area contributed by atoms with Crippen molar-refractivity contribution in [1.29, 1.82) is 0 Å². The number of pyridine rings is 2. The van der Waals surface area contributed by atoms with E-state index in [4.69, 9.17) is 11.5 Å². The fourth-order valence-corrected chi connectivity index (χ4v) is 2.85. The standard InChI is InChI=1S/C20H32N6/c21-19(13-17-3-1-7-25-15-17)5-9-23-11-12-24-10-6-20(22)14-18-4-2-8-26-16-18/h1-4,7-8,15-16,19-20,23-24H,5-6,9-14,21-22H2. The first-order valence-corrected chi connectivity index (χ1v) is 9.44. The van der Waals surface area contributed by atoms with E-state index in [-0.39, 0.29) is 12.1 Å². The van der Waals surface area contributed by atoms with Crippen LogP contribution in [-0.2, 0) is 12.8 Å². The van der Waals surface area contributed by atoms with Crippen molar-refractivity contribution in [3.8, 4) is 0 Å². The van der Waals surface area contributed by atoms with Crippen LogP contribution in [0.3, 0.4) is 0 Å². The lowest BCUT2D eigenvalue weighted by molar-refractivity contribution is 0.525. The number of nitrogens with zero attached hydrogens (tertiary/aromatic N) is 2. The molecular weight excluding hydrogens is 324 g/mol. The molecule has 2 aromatic heterocycles. The quantitative estimate of drug-likeness (QED) is 0.397. The molecule has 2 aromatic rings. The van der Waals surface area contributed by atoms with Crippen molar-refractivity contribution in [1.82, 2.24) is 20.6 Å². The summed E-state index contributed by atoms with van der Waals surface area (Å²) < 4.78 is 0. The molecule has 26 heavy (non-hydrogen) atoms. The molecule has 0 aliphatic carbocycles. The highest BCUT2D eigenvalue weighted by Crippen LogP contribution is 2.02. The average Bonchev–Trinajstić information content (AvgIpc) is 2.65. The van der Waals surface area contributed by atoms with Gasteiger partial charge in [-0.1, -0.05) is 12.1 Å². The second-order valence-electron chi connectivity index (χ2n) is 6.73. The van der Waals surface area contributed by atoms with Crippen LogP contribution in [0.2, 0.25) is 0 Å². The number of hydrogen-bond acceptors (Lipinski definition) is 6. The molecule has 2 unspecified atom stereocenters. The van der Waals surface area contributed by atoms with Crippen molar-refractivity contribution < 1.29 is 0 Å². The Morgan fingerprint density at radius 2 is 1.19 bits per heavy atom. The van der Waals surface area contributed by atoms with Gasteiger partial charge >= 0.3 is 0 Å². The SMILES string of the molecule is NC(CCNCCNCCC(N)Cc1cccnc1)Cc1cccnc1. The Balaban J connectivity index is 1.42. The fourth-order valence-electron chi connectivity index (χ4n) is 2.85. The van der Waals surface area contributed by atoms with Crippen molar-refractivity contribution in [2.45, 2.75) is 37.8 Å². The van der Waals surface area contributed by atoms with Crippen LogP contribution in [0.25, 0.3) is 0 Å². The third-order valence-corrected chi connectivity index (χ3v) is 4.30. The highest BCUT2D eigenvalue weighted by atomic mass is 14.9. The minimum absolute atomic E-state index is 0.171. The van der Waals surface area contributed by atoms with Crippen LogP contribution in [-0.4, -0.2) is 48.2 Å². The van der Waals surface area contributed by atoms with Crippen molar-refractivity contribution in [3.63, 3.8) is 0 Å². The molecule has 0 spiro atoms. The zero-order chi connectivity index (χ0) is 18.5. The molecule has 0 aliphatic heterocycles. The first kappa shape index (κ1) is 20.5. The number of nitrogens with one attached hydrogen (secondary N) is 2. The first-order chi connectivity index (χ1) is 12.7. The summed E-state index contributed by atoms with van der Waals surface area (Å²) in [6, 6.07) is 8.39. The van der Waals surface area contributed by atoms with Crippen LogP contribution in [0.15, 0.2) is 49.1 Å². The van der Waals surface area contributed by atoms with Gasteiger partial charge in [-0.05, 0) is 62.0 Å². The van der Waals surface area contributed by atoms with Crippen molar-refractivity contribution >= 4 is 0 Å². The molecule has 0 aliphatic rings. The first-order valence-electron chi connectivity index (χ1n) is 9.44. The summed E-state index contributed by atoms with van der Waals surface area (Å²) in [5.41, 5.74) is 14.7. The van der Waals surface area contributed by atoms with E-state index in [1.807, 2.05) is 24.5 Å². The Bertz CT molecular complexity index is 524. The van der Waals surface area contributed by atoms with E-state index in [9.17, 15) is 0 Å². The van der Waals surface area contributed by atoms with Gasteiger partial charge in [0.05, 0.1) is 0 Å². The van der Waals surface area contributed by atoms with Crippen LogP contribution in [0.1, 0.15) is 24.0 Å². The predicted molar refractivity (Wildman–Crippen MR) is 107 cm³/mol. The lowest BCUT2D eigenvalue weighted by Crippen LogP contribution is -2.34. The normalized spacial score (nSPS) is 13.5. The van der Waals surface area contributed by atoms with Crippen LogP contribution >= 0.6 is 0 Å². The zero-order valence-corrected chi connectivity index (χ0v) is 15.5. The Kier molecular flexibility index (Phi) is 9.82. The molecule has 142 valence electrons. The van der Waals surface area contributed by atoms with Gasteiger partial charge in [0.2, 0.25) is 0 Å². The molecule has 0 saturated heterocycles. The molecule has 0 aromatic carbocycles. The summed E-state index contributed by atoms with van der Waals surface area (Å²) in [6.07, 6.45) is 11.0. The largest absolute Gasteiger partial charge is 0.327 e. The zero-order valence-electron chi connectivity index (χ0n) is 15.5. The lowest BCUT2D eigenvalue weighted by Gasteiger charge is -2.13. The smallest absolute Gasteiger partial charge is 0.0300 e. The van der Waals surface area contributed by atoms with Gasteiger partial charge in [-0.2, -0.15) is 0 Å². The van der Waals surface area contributed by atoms with Crippen LogP contribution in [0, 0.1) is 0 Å². The van der Waals surface area contributed by atoms with E-state index in [2.05, 4.69) is 32.7 Å². The predicted octanol–water partition coefficient (Wildman–Crippen LogP) is 0.876. The van der Waals surface area contributed by atoms with Gasteiger partial charge in [-0.3, -0.25) is 9.97 Å². The average molecular weight is 357 g/mol. The fraction of sp³-hybridized carbons (Fsp3) is 0.500. The highest BCUT2D eigenvalue weighted by molar-refractivity contribution is 5.10. The van der Waals surface area contributed by atoms with Gasteiger partial charge in [0, 0.05) is 50.0 Å². The summed E-state index contributed by atoms with van der Waals surface area (Å²) in [7, 11) is 0. The van der Waals surface area contributed by atoms with Crippen LogP contribution < -0.4 is 22.1 Å². The third-order valence-electron chi connectivity index (χ3n) is 4.30. The van der Waals surface area contributed by atoms with E-state index < -0.39 is 0 Å². The molecule has 2 heterocycles. The van der Waals surface area contributed by atoms with E-state index in [0.717, 1.165) is 51.9 Å². The highest BCUT2D eigenvalue weighted by Gasteiger charge is 2.05. The van der Waals surface area contributed by atoms with Crippen LogP contribution in [0.4, 0.5) is 0 Å². The number of aromatic nitrogens is 2. The van der Waals surface area contributed by atoms with Gasteiger partial charge < -0.3 is 22.1 Å². The van der Waals surface area contributed by atoms with Gasteiger partial charge in [0.1, 0.15) is 0 Å². The molecule has 6 heteroatoms. The Morgan fingerprint density at radius 1 is 0.731 bits per heavy atom. The van der Waals surface area contributed by atoms with E-state index in [0.29, 0.717) is 0 Å². The van der Waals surface area contributed by atoms with E-state index in [1.54, 1.807) is 12.4 Å². The number of nitrogens with two attached hydrogens (primary N) is 2. The molecule has 0 bridgehead atoms. The van der Waals surface area contributed by atoms with Crippen molar-refractivity contribution in [3.05, 3.63) is 60.2 Å². The number of hydrogen-bond donors (Lipinski definition) is 4. The monoisotopic (exact) mass is 356 g/mol. The molecule has 0 saturated carbocycles. The second kappa shape index (κ2) is 12.5. The molecule has 0 fully saturated rings. The topological polar surface area (TPSA) is 102 Å². The summed E-state index contributed by atoms with van der Waals surface area (Å²) in [5, 5.41) is 6.86. The van der Waals surface area contributed by atoms with E-state index in [1.165, 1.54) is 11.1 Å². The molecule has 6 nitrogen and oxygen atoms in total. The maximum absolute atomic E-state index is 6.16. The van der Waals surface area contributed by atoms with Gasteiger partial charge in [0.25, 0.3) is 0 Å².